The number of hydrogen-bond acceptors (Lipinski definition) is 4. The van der Waals surface area contributed by atoms with Crippen molar-refractivity contribution in [1.29, 1.82) is 0 Å². The average Bonchev–Trinajstić information content (AvgIpc) is 2.82. The maximum atomic E-state index is 14.0. The van der Waals surface area contributed by atoms with Gasteiger partial charge in [-0.1, -0.05) is 6.07 Å². The van der Waals surface area contributed by atoms with Crippen molar-refractivity contribution in [2.24, 2.45) is 5.92 Å². The third-order valence-corrected chi connectivity index (χ3v) is 5.89. The van der Waals surface area contributed by atoms with Gasteiger partial charge < -0.3 is 19.3 Å². The van der Waals surface area contributed by atoms with E-state index in [9.17, 15) is 18.4 Å². The third-order valence-electron chi connectivity index (χ3n) is 5.89. The van der Waals surface area contributed by atoms with Crippen molar-refractivity contribution in [3.8, 4) is 11.5 Å². The first-order valence-corrected chi connectivity index (χ1v) is 11.2. The lowest BCUT2D eigenvalue weighted by Gasteiger charge is -2.34. The molecule has 33 heavy (non-hydrogen) atoms. The summed E-state index contributed by atoms with van der Waals surface area (Å²) in [5.41, 5.74) is 0.783. The highest BCUT2D eigenvalue weighted by atomic mass is 19.1. The van der Waals surface area contributed by atoms with Crippen LogP contribution in [0, 0.1) is 17.6 Å². The van der Waals surface area contributed by atoms with Gasteiger partial charge >= 0.3 is 0 Å². The molecule has 2 aromatic rings. The molecule has 0 aromatic heterocycles. The van der Waals surface area contributed by atoms with Crippen molar-refractivity contribution >= 4 is 11.8 Å². The molecule has 0 radical (unpaired) electrons. The fourth-order valence-corrected chi connectivity index (χ4v) is 4.07. The molecule has 6 nitrogen and oxygen atoms in total. The summed E-state index contributed by atoms with van der Waals surface area (Å²) >= 11 is 0. The minimum atomic E-state index is -0.874. The molecule has 1 aliphatic heterocycles. The number of ether oxygens (including phenoxy) is 2. The van der Waals surface area contributed by atoms with Crippen molar-refractivity contribution < 1.29 is 27.8 Å². The Kier molecular flexibility index (Phi) is 8.25. The standard InChI is InChI=1S/C25H30F2N2O4/c1-4-28(16-17-6-9-22(33-5-2)23(14-17)32-3)24(30)18-10-12-29(13-11-18)25(31)20-8-7-19(26)15-21(20)27/h6-9,14-15,18H,4-5,10-13,16H2,1-3H3. The number of rotatable bonds is 8. The lowest BCUT2D eigenvalue weighted by Crippen LogP contribution is -2.44. The molecular weight excluding hydrogens is 430 g/mol. The number of carbonyl (C=O) groups excluding carboxylic acids is 2. The Morgan fingerprint density at radius 1 is 1.06 bits per heavy atom. The maximum absolute atomic E-state index is 14.0. The van der Waals surface area contributed by atoms with Crippen LogP contribution in [0.1, 0.15) is 42.6 Å². The number of amides is 2. The van der Waals surface area contributed by atoms with E-state index in [0.29, 0.717) is 63.2 Å². The molecule has 0 bridgehead atoms. The second kappa shape index (κ2) is 11.1. The predicted octanol–water partition coefficient (Wildman–Crippen LogP) is 4.27. The average molecular weight is 461 g/mol. The lowest BCUT2D eigenvalue weighted by atomic mass is 9.94. The van der Waals surface area contributed by atoms with Crippen LogP contribution in [0.4, 0.5) is 8.78 Å². The number of benzene rings is 2. The minimum Gasteiger partial charge on any atom is -0.493 e. The SMILES string of the molecule is CCOc1ccc(CN(CC)C(=O)C2CCN(C(=O)c3ccc(F)cc3F)CC2)cc1OC. The number of carbonyl (C=O) groups is 2. The highest BCUT2D eigenvalue weighted by molar-refractivity contribution is 5.94. The Hall–Kier alpha value is -3.16. The number of hydrogen-bond donors (Lipinski definition) is 0. The van der Waals surface area contributed by atoms with Crippen LogP contribution in [0.15, 0.2) is 36.4 Å². The molecule has 2 amide bonds. The molecule has 178 valence electrons. The van der Waals surface area contributed by atoms with Crippen molar-refractivity contribution in [1.82, 2.24) is 9.80 Å². The first kappa shape index (κ1) is 24.5. The normalized spacial score (nSPS) is 14.2. The lowest BCUT2D eigenvalue weighted by molar-refractivity contribution is -0.137. The Balaban J connectivity index is 1.61. The number of halogens is 2. The summed E-state index contributed by atoms with van der Waals surface area (Å²) in [6, 6.07) is 8.57. The van der Waals surface area contributed by atoms with Gasteiger partial charge in [-0.25, -0.2) is 8.78 Å². The molecule has 0 aliphatic carbocycles. The van der Waals surface area contributed by atoms with Gasteiger partial charge in [0.05, 0.1) is 19.3 Å². The van der Waals surface area contributed by atoms with Gasteiger partial charge in [0.15, 0.2) is 11.5 Å². The van der Waals surface area contributed by atoms with E-state index >= 15 is 0 Å². The van der Waals surface area contributed by atoms with Crippen LogP contribution in [-0.2, 0) is 11.3 Å². The van der Waals surface area contributed by atoms with Gasteiger partial charge in [0, 0.05) is 38.2 Å². The molecule has 1 aliphatic rings. The molecule has 0 unspecified atom stereocenters. The molecule has 3 rings (SSSR count). The van der Waals surface area contributed by atoms with Gasteiger partial charge in [0.25, 0.3) is 5.91 Å². The molecule has 8 heteroatoms. The van der Waals surface area contributed by atoms with Gasteiger partial charge in [0.1, 0.15) is 11.6 Å². The predicted molar refractivity (Wildman–Crippen MR) is 120 cm³/mol. The highest BCUT2D eigenvalue weighted by Crippen LogP contribution is 2.29. The first-order chi connectivity index (χ1) is 15.9. The van der Waals surface area contributed by atoms with Crippen molar-refractivity contribution in [2.75, 3.05) is 33.4 Å². The maximum Gasteiger partial charge on any atom is 0.256 e. The summed E-state index contributed by atoms with van der Waals surface area (Å²) in [5.74, 6) is -0.973. The molecular formula is C25H30F2N2O4. The van der Waals surface area contributed by atoms with E-state index in [-0.39, 0.29) is 17.4 Å². The monoisotopic (exact) mass is 460 g/mol. The molecule has 1 heterocycles. The summed E-state index contributed by atoms with van der Waals surface area (Å²) in [7, 11) is 1.58. The van der Waals surface area contributed by atoms with E-state index in [1.807, 2.05) is 32.0 Å². The zero-order chi connectivity index (χ0) is 24.0. The summed E-state index contributed by atoms with van der Waals surface area (Å²) in [4.78, 5) is 29.1. The second-order valence-corrected chi connectivity index (χ2v) is 7.96. The molecule has 0 N–H and O–H groups in total. The van der Waals surface area contributed by atoms with E-state index in [0.717, 1.165) is 17.7 Å². The van der Waals surface area contributed by atoms with Crippen LogP contribution in [0.5, 0.6) is 11.5 Å². The van der Waals surface area contributed by atoms with E-state index < -0.39 is 17.5 Å². The molecule has 1 saturated heterocycles. The second-order valence-electron chi connectivity index (χ2n) is 7.96. The molecule has 0 spiro atoms. The quantitative estimate of drug-likeness (QED) is 0.590. The van der Waals surface area contributed by atoms with Crippen LogP contribution >= 0.6 is 0 Å². The number of methoxy groups -OCH3 is 1. The Bertz CT molecular complexity index is 990. The topological polar surface area (TPSA) is 59.1 Å². The highest BCUT2D eigenvalue weighted by Gasteiger charge is 2.31. The number of nitrogens with zero attached hydrogens (tertiary/aromatic N) is 2. The van der Waals surface area contributed by atoms with Crippen molar-refractivity contribution in [3.05, 3.63) is 59.2 Å². The summed E-state index contributed by atoms with van der Waals surface area (Å²) in [6.45, 7) is 6.05. The summed E-state index contributed by atoms with van der Waals surface area (Å²) < 4.78 is 38.1. The van der Waals surface area contributed by atoms with Gasteiger partial charge in [0.2, 0.25) is 5.91 Å². The van der Waals surface area contributed by atoms with E-state index in [4.69, 9.17) is 9.47 Å². The van der Waals surface area contributed by atoms with Crippen LogP contribution in [0.2, 0.25) is 0 Å². The smallest absolute Gasteiger partial charge is 0.256 e. The van der Waals surface area contributed by atoms with Crippen molar-refractivity contribution in [2.45, 2.75) is 33.2 Å². The zero-order valence-corrected chi connectivity index (χ0v) is 19.3. The fourth-order valence-electron chi connectivity index (χ4n) is 4.07. The van der Waals surface area contributed by atoms with E-state index in [1.54, 1.807) is 12.0 Å². The van der Waals surface area contributed by atoms with Crippen LogP contribution in [0.3, 0.4) is 0 Å². The van der Waals surface area contributed by atoms with Crippen molar-refractivity contribution in [3.63, 3.8) is 0 Å². The molecule has 0 saturated carbocycles. The van der Waals surface area contributed by atoms with Crippen LogP contribution in [-0.4, -0.2) is 55.0 Å². The molecule has 2 aromatic carbocycles. The van der Waals surface area contributed by atoms with Gasteiger partial charge in [-0.15, -0.1) is 0 Å². The Morgan fingerprint density at radius 3 is 2.39 bits per heavy atom. The number of piperidine rings is 1. The Morgan fingerprint density at radius 2 is 1.79 bits per heavy atom. The third kappa shape index (κ3) is 5.80. The van der Waals surface area contributed by atoms with Crippen LogP contribution in [0.25, 0.3) is 0 Å². The van der Waals surface area contributed by atoms with Gasteiger partial charge in [-0.3, -0.25) is 9.59 Å². The molecule has 0 atom stereocenters. The summed E-state index contributed by atoms with van der Waals surface area (Å²) in [6.07, 6.45) is 0.993. The van der Waals surface area contributed by atoms with Crippen LogP contribution < -0.4 is 9.47 Å². The summed E-state index contributed by atoms with van der Waals surface area (Å²) in [5, 5.41) is 0. The number of likely N-dealkylation sites (tertiary alicyclic amines) is 1. The van der Waals surface area contributed by atoms with E-state index in [1.165, 1.54) is 4.90 Å². The minimum absolute atomic E-state index is 0.0328. The van der Waals surface area contributed by atoms with E-state index in [2.05, 4.69) is 0 Å². The van der Waals surface area contributed by atoms with Gasteiger partial charge in [-0.05, 0) is 56.5 Å². The largest absolute Gasteiger partial charge is 0.493 e. The van der Waals surface area contributed by atoms with Gasteiger partial charge in [-0.2, -0.15) is 0 Å². The Labute approximate surface area is 193 Å². The first-order valence-electron chi connectivity index (χ1n) is 11.2. The fraction of sp³-hybridized carbons (Fsp3) is 0.440. The molecule has 1 fully saturated rings. The zero-order valence-electron chi connectivity index (χ0n) is 19.3.